The van der Waals surface area contributed by atoms with E-state index < -0.39 is 16.1 Å². The maximum absolute atomic E-state index is 12.3. The van der Waals surface area contributed by atoms with Crippen LogP contribution in [0.1, 0.15) is 36.7 Å². The van der Waals surface area contributed by atoms with Gasteiger partial charge in [-0.25, -0.2) is 14.0 Å². The summed E-state index contributed by atoms with van der Waals surface area (Å²) in [6.07, 6.45) is 3.57. The van der Waals surface area contributed by atoms with Gasteiger partial charge in [-0.3, -0.25) is 0 Å². The molecule has 5 aromatic rings. The Morgan fingerprint density at radius 1 is 0.884 bits per heavy atom. The maximum atomic E-state index is 12.3. The molecule has 7 nitrogen and oxygen atoms in total. The summed E-state index contributed by atoms with van der Waals surface area (Å²) in [5.74, 6) is 0.788. The minimum atomic E-state index is -3.89. The van der Waals surface area contributed by atoms with Crippen molar-refractivity contribution in [3.8, 4) is 28.1 Å². The third-order valence-electron chi connectivity index (χ3n) is 7.30. The number of rotatable bonds is 7. The Kier molecular flexibility index (Phi) is 7.68. The molecule has 2 heterocycles. The second-order valence-corrected chi connectivity index (χ2v) is 13.0. The van der Waals surface area contributed by atoms with E-state index in [9.17, 15) is 13.5 Å². The zero-order chi connectivity index (χ0) is 30.3. The molecule has 1 aliphatic heterocycles. The van der Waals surface area contributed by atoms with Crippen LogP contribution in [0.2, 0.25) is 10.0 Å². The number of aromatic nitrogens is 2. The SMILES string of the molecule is CC(C)c1cccc(-c2ccc(Cc3nc(-c4ccc(Cl)cc4Cl)cn3-c3ccc(N4C=C(O)NS4(=O)=O)cc3)cc2)c1. The van der Waals surface area contributed by atoms with Gasteiger partial charge in [-0.05, 0) is 70.6 Å². The number of anilines is 1. The van der Waals surface area contributed by atoms with Crippen LogP contribution >= 0.6 is 23.2 Å². The van der Waals surface area contributed by atoms with Crippen LogP contribution in [-0.2, 0) is 16.6 Å². The van der Waals surface area contributed by atoms with E-state index in [0.29, 0.717) is 33.8 Å². The molecular formula is C33H28Cl2N4O3S. The molecule has 10 heteroatoms. The topological polar surface area (TPSA) is 87.5 Å². The van der Waals surface area contributed by atoms with Crippen molar-refractivity contribution < 1.29 is 13.5 Å². The second-order valence-electron chi connectivity index (χ2n) is 10.6. The molecule has 4 aromatic carbocycles. The van der Waals surface area contributed by atoms with E-state index in [1.54, 1.807) is 36.4 Å². The summed E-state index contributed by atoms with van der Waals surface area (Å²) in [4.78, 5) is 4.96. The third kappa shape index (κ3) is 5.99. The van der Waals surface area contributed by atoms with Gasteiger partial charge in [0, 0.05) is 28.9 Å². The van der Waals surface area contributed by atoms with Gasteiger partial charge < -0.3 is 9.67 Å². The van der Waals surface area contributed by atoms with Crippen LogP contribution < -0.4 is 9.03 Å². The molecule has 0 bridgehead atoms. The average Bonchev–Trinajstić information content (AvgIpc) is 3.52. The molecule has 1 aromatic heterocycles. The van der Waals surface area contributed by atoms with E-state index in [-0.39, 0.29) is 0 Å². The quantitative estimate of drug-likeness (QED) is 0.189. The second kappa shape index (κ2) is 11.4. The van der Waals surface area contributed by atoms with E-state index in [0.717, 1.165) is 38.7 Å². The molecule has 0 atom stereocenters. The van der Waals surface area contributed by atoms with Gasteiger partial charge in [0.1, 0.15) is 5.82 Å². The largest absolute Gasteiger partial charge is 0.493 e. The Bertz CT molecular complexity index is 1950. The van der Waals surface area contributed by atoms with Gasteiger partial charge in [-0.15, -0.1) is 0 Å². The van der Waals surface area contributed by atoms with E-state index in [1.165, 1.54) is 11.1 Å². The van der Waals surface area contributed by atoms with E-state index in [2.05, 4.69) is 67.1 Å². The van der Waals surface area contributed by atoms with Crippen molar-refractivity contribution >= 4 is 39.1 Å². The fraction of sp³-hybridized carbons (Fsp3) is 0.121. The smallest absolute Gasteiger partial charge is 0.330 e. The van der Waals surface area contributed by atoms with Crippen LogP contribution in [0, 0.1) is 0 Å². The summed E-state index contributed by atoms with van der Waals surface area (Å²) in [5, 5.41) is 10.7. The molecule has 0 saturated heterocycles. The van der Waals surface area contributed by atoms with E-state index in [1.807, 2.05) is 16.8 Å². The van der Waals surface area contributed by atoms with Gasteiger partial charge >= 0.3 is 10.2 Å². The van der Waals surface area contributed by atoms with Crippen molar-refractivity contribution in [3.63, 3.8) is 0 Å². The van der Waals surface area contributed by atoms with Crippen LogP contribution in [0.5, 0.6) is 0 Å². The third-order valence-corrected chi connectivity index (χ3v) is 9.15. The Morgan fingerprint density at radius 2 is 1.60 bits per heavy atom. The van der Waals surface area contributed by atoms with Crippen LogP contribution in [0.3, 0.4) is 0 Å². The molecule has 0 amide bonds. The number of imidazole rings is 1. The number of benzene rings is 4. The van der Waals surface area contributed by atoms with Crippen molar-refractivity contribution in [2.24, 2.45) is 0 Å². The summed E-state index contributed by atoms with van der Waals surface area (Å²) in [7, 11) is -3.89. The Morgan fingerprint density at radius 3 is 2.26 bits per heavy atom. The lowest BCUT2D eigenvalue weighted by molar-refractivity contribution is 0.392. The fourth-order valence-electron chi connectivity index (χ4n) is 5.03. The van der Waals surface area contributed by atoms with Crippen molar-refractivity contribution in [2.45, 2.75) is 26.2 Å². The molecule has 43 heavy (non-hydrogen) atoms. The molecule has 0 spiro atoms. The van der Waals surface area contributed by atoms with Gasteiger partial charge in [-0.1, -0.05) is 85.6 Å². The molecule has 1 aliphatic rings. The first-order chi connectivity index (χ1) is 20.6. The predicted molar refractivity (Wildman–Crippen MR) is 173 cm³/mol. The summed E-state index contributed by atoms with van der Waals surface area (Å²) >= 11 is 12.7. The lowest BCUT2D eigenvalue weighted by Gasteiger charge is -2.15. The standard InChI is InChI=1S/C33H28Cl2N4O3S/c1-21(2)24-4-3-5-25(17-24)23-8-6-22(7-9-23)16-32-36-31(29-15-10-26(34)18-30(29)35)19-38(32)27-11-13-28(14-12-27)39-20-33(40)37-43(39,41)42/h3-15,17-21,37,40H,16H2,1-2H3. The first kappa shape index (κ1) is 28.9. The predicted octanol–water partition coefficient (Wildman–Crippen LogP) is 8.24. The van der Waals surface area contributed by atoms with Crippen LogP contribution in [0.25, 0.3) is 28.1 Å². The Hall–Kier alpha value is -4.24. The number of nitrogens with zero attached hydrogens (tertiary/aromatic N) is 3. The normalized spacial score (nSPS) is 14.2. The highest BCUT2D eigenvalue weighted by Gasteiger charge is 2.28. The lowest BCUT2D eigenvalue weighted by Crippen LogP contribution is -2.29. The van der Waals surface area contributed by atoms with Crippen molar-refractivity contribution in [3.05, 3.63) is 136 Å². The fourth-order valence-corrected chi connectivity index (χ4v) is 6.59. The molecule has 0 fully saturated rings. The van der Waals surface area contributed by atoms with Gasteiger partial charge in [0.25, 0.3) is 0 Å². The first-order valence-electron chi connectivity index (χ1n) is 13.6. The molecular weight excluding hydrogens is 603 g/mol. The number of aliphatic hydroxyl groups excluding tert-OH is 1. The number of halogens is 2. The van der Waals surface area contributed by atoms with Gasteiger partial charge in [-0.2, -0.15) is 8.42 Å². The number of hydrogen-bond donors (Lipinski definition) is 2. The molecule has 2 N–H and O–H groups in total. The molecule has 218 valence electrons. The average molecular weight is 632 g/mol. The molecule has 6 rings (SSSR count). The molecule has 0 saturated carbocycles. The lowest BCUT2D eigenvalue weighted by atomic mass is 9.96. The number of nitrogens with one attached hydrogen (secondary N) is 1. The highest BCUT2D eigenvalue weighted by molar-refractivity contribution is 7.91. The van der Waals surface area contributed by atoms with Crippen molar-refractivity contribution in [1.29, 1.82) is 0 Å². The molecule has 0 unspecified atom stereocenters. The monoisotopic (exact) mass is 630 g/mol. The molecule has 0 aliphatic carbocycles. The maximum Gasteiger partial charge on any atom is 0.330 e. The van der Waals surface area contributed by atoms with E-state index in [4.69, 9.17) is 28.2 Å². The van der Waals surface area contributed by atoms with Crippen LogP contribution in [0.15, 0.2) is 109 Å². The minimum Gasteiger partial charge on any atom is -0.493 e. The van der Waals surface area contributed by atoms with Crippen LogP contribution in [0.4, 0.5) is 5.69 Å². The van der Waals surface area contributed by atoms with Crippen molar-refractivity contribution in [1.82, 2.24) is 14.3 Å². The highest BCUT2D eigenvalue weighted by Crippen LogP contribution is 2.32. The number of hydrogen-bond acceptors (Lipinski definition) is 4. The zero-order valence-corrected chi connectivity index (χ0v) is 25.7. The summed E-state index contributed by atoms with van der Waals surface area (Å²) in [5.41, 5.74) is 7.29. The van der Waals surface area contributed by atoms with Gasteiger partial charge in [0.05, 0.1) is 22.6 Å². The molecule has 0 radical (unpaired) electrons. The van der Waals surface area contributed by atoms with Crippen LogP contribution in [-0.4, -0.2) is 23.1 Å². The Labute approximate surface area is 260 Å². The van der Waals surface area contributed by atoms with E-state index >= 15 is 0 Å². The van der Waals surface area contributed by atoms with Crippen molar-refractivity contribution in [2.75, 3.05) is 4.31 Å². The van der Waals surface area contributed by atoms with Gasteiger partial charge in [0.2, 0.25) is 5.88 Å². The minimum absolute atomic E-state index is 0.375. The Balaban J connectivity index is 1.35. The first-order valence-corrected chi connectivity index (χ1v) is 15.8. The number of aliphatic hydroxyl groups is 1. The summed E-state index contributed by atoms with van der Waals surface area (Å²) < 4.78 is 29.7. The highest BCUT2D eigenvalue weighted by atomic mass is 35.5. The summed E-state index contributed by atoms with van der Waals surface area (Å²) in [6, 6.07) is 29.3. The summed E-state index contributed by atoms with van der Waals surface area (Å²) in [6.45, 7) is 4.38. The van der Waals surface area contributed by atoms with Gasteiger partial charge in [0.15, 0.2) is 0 Å². The zero-order valence-electron chi connectivity index (χ0n) is 23.4.